The van der Waals surface area contributed by atoms with Gasteiger partial charge in [-0.05, 0) is 36.8 Å². The van der Waals surface area contributed by atoms with Crippen LogP contribution in [0.25, 0.3) is 0 Å². The van der Waals surface area contributed by atoms with Gasteiger partial charge in [-0.3, -0.25) is 0 Å². The van der Waals surface area contributed by atoms with E-state index in [1.54, 1.807) is 12.1 Å². The van der Waals surface area contributed by atoms with Gasteiger partial charge in [-0.1, -0.05) is 37.4 Å². The molecule has 1 aliphatic rings. The number of hydrogen-bond acceptors (Lipinski definition) is 0. The van der Waals surface area contributed by atoms with Gasteiger partial charge in [-0.2, -0.15) is 0 Å². The molecule has 2 heteroatoms. The van der Waals surface area contributed by atoms with Crippen LogP contribution < -0.4 is 0 Å². The predicted molar refractivity (Wildman–Crippen MR) is 61.8 cm³/mol. The van der Waals surface area contributed by atoms with Gasteiger partial charge >= 0.3 is 0 Å². The third-order valence-corrected chi connectivity index (χ3v) is 4.05. The van der Waals surface area contributed by atoms with E-state index in [1.807, 2.05) is 0 Å². The minimum absolute atomic E-state index is 0.00241. The Kier molecular flexibility index (Phi) is 3.01. The monoisotopic (exact) mass is 226 g/mol. The molecular formula is C13H16ClF. The van der Waals surface area contributed by atoms with Gasteiger partial charge in [0, 0.05) is 10.6 Å². The van der Waals surface area contributed by atoms with Crippen LogP contribution in [-0.4, -0.2) is 0 Å². The zero-order chi connectivity index (χ0) is 10.9. The Morgan fingerprint density at radius 2 is 2.00 bits per heavy atom. The molecule has 1 aromatic rings. The lowest BCUT2D eigenvalue weighted by Crippen LogP contribution is -2.22. The van der Waals surface area contributed by atoms with Crippen molar-refractivity contribution in [3.63, 3.8) is 0 Å². The van der Waals surface area contributed by atoms with Gasteiger partial charge in [0.15, 0.2) is 0 Å². The van der Waals surface area contributed by atoms with Crippen LogP contribution in [0.3, 0.4) is 0 Å². The Hall–Kier alpha value is -0.560. The van der Waals surface area contributed by atoms with Crippen molar-refractivity contribution in [2.24, 2.45) is 0 Å². The first-order valence-corrected chi connectivity index (χ1v) is 6.02. The quantitative estimate of drug-likeness (QED) is 0.686. The van der Waals surface area contributed by atoms with Gasteiger partial charge in [0.2, 0.25) is 0 Å². The Labute approximate surface area is 95.4 Å². The zero-order valence-corrected chi connectivity index (χ0v) is 9.78. The molecule has 0 saturated heterocycles. The average molecular weight is 227 g/mol. The van der Waals surface area contributed by atoms with Crippen LogP contribution in [0.15, 0.2) is 18.2 Å². The fourth-order valence-corrected chi connectivity index (χ4v) is 3.20. The first kappa shape index (κ1) is 10.9. The van der Waals surface area contributed by atoms with E-state index in [0.717, 1.165) is 24.8 Å². The number of rotatable bonds is 2. The first-order valence-electron chi connectivity index (χ1n) is 5.64. The van der Waals surface area contributed by atoms with Crippen molar-refractivity contribution in [2.75, 3.05) is 0 Å². The van der Waals surface area contributed by atoms with Crippen LogP contribution >= 0.6 is 11.6 Å². The second kappa shape index (κ2) is 4.13. The number of halogens is 2. The summed E-state index contributed by atoms with van der Waals surface area (Å²) in [6.45, 7) is 2.13. The van der Waals surface area contributed by atoms with Gasteiger partial charge in [0.25, 0.3) is 0 Å². The molecule has 0 unspecified atom stereocenters. The molecule has 1 aliphatic carbocycles. The van der Waals surface area contributed by atoms with E-state index < -0.39 is 0 Å². The van der Waals surface area contributed by atoms with Crippen LogP contribution in [0.1, 0.15) is 44.6 Å². The Morgan fingerprint density at radius 1 is 1.33 bits per heavy atom. The van der Waals surface area contributed by atoms with Gasteiger partial charge in [0.05, 0.1) is 0 Å². The molecule has 0 heterocycles. The molecule has 1 fully saturated rings. The van der Waals surface area contributed by atoms with Gasteiger partial charge in [0.1, 0.15) is 5.82 Å². The summed E-state index contributed by atoms with van der Waals surface area (Å²) in [6, 6.07) is 5.01. The minimum Gasteiger partial charge on any atom is -0.207 e. The highest BCUT2D eigenvalue weighted by molar-refractivity contribution is 6.31. The fourth-order valence-electron chi connectivity index (χ4n) is 2.84. The molecule has 0 nitrogen and oxygen atoms in total. The summed E-state index contributed by atoms with van der Waals surface area (Å²) >= 11 is 6.14. The summed E-state index contributed by atoms with van der Waals surface area (Å²) < 4.78 is 13.8. The maximum absolute atomic E-state index is 13.8. The molecule has 0 N–H and O–H groups in total. The van der Waals surface area contributed by atoms with Crippen molar-refractivity contribution < 1.29 is 4.39 Å². The largest absolute Gasteiger partial charge is 0.207 e. The Morgan fingerprint density at radius 3 is 2.53 bits per heavy atom. The summed E-state index contributed by atoms with van der Waals surface area (Å²) in [7, 11) is 0. The Bertz CT molecular complexity index is 333. The summed E-state index contributed by atoms with van der Waals surface area (Å²) in [4.78, 5) is 0. The number of hydrogen-bond donors (Lipinski definition) is 0. The van der Waals surface area contributed by atoms with E-state index in [0.29, 0.717) is 5.02 Å². The topological polar surface area (TPSA) is 0 Å². The highest BCUT2D eigenvalue weighted by atomic mass is 35.5. The molecule has 0 atom stereocenters. The molecular weight excluding hydrogens is 211 g/mol. The van der Waals surface area contributed by atoms with Crippen LogP contribution in [0.5, 0.6) is 0 Å². The van der Waals surface area contributed by atoms with Crippen LogP contribution in [-0.2, 0) is 5.41 Å². The van der Waals surface area contributed by atoms with Crippen molar-refractivity contribution in [3.8, 4) is 0 Å². The van der Waals surface area contributed by atoms with E-state index in [4.69, 9.17) is 11.6 Å². The van der Waals surface area contributed by atoms with Crippen LogP contribution in [0.4, 0.5) is 4.39 Å². The van der Waals surface area contributed by atoms with E-state index in [-0.39, 0.29) is 11.2 Å². The van der Waals surface area contributed by atoms with Gasteiger partial charge in [-0.15, -0.1) is 0 Å². The standard InChI is InChI=1S/C13H16ClF/c1-2-13(8-3-4-9-13)12-10(14)6-5-7-11(12)15/h5-7H,2-4,8-9H2,1H3. The highest BCUT2D eigenvalue weighted by Crippen LogP contribution is 2.46. The molecule has 0 spiro atoms. The number of benzene rings is 1. The minimum atomic E-state index is -0.133. The lowest BCUT2D eigenvalue weighted by molar-refractivity contribution is 0.403. The van der Waals surface area contributed by atoms with E-state index >= 15 is 0 Å². The first-order chi connectivity index (χ1) is 7.19. The van der Waals surface area contributed by atoms with E-state index in [2.05, 4.69) is 6.92 Å². The molecule has 15 heavy (non-hydrogen) atoms. The van der Waals surface area contributed by atoms with E-state index in [1.165, 1.54) is 18.9 Å². The molecule has 1 saturated carbocycles. The predicted octanol–water partition coefficient (Wildman–Crippen LogP) is 4.70. The average Bonchev–Trinajstić information content (AvgIpc) is 2.67. The third kappa shape index (κ3) is 1.78. The molecule has 2 rings (SSSR count). The lowest BCUT2D eigenvalue weighted by atomic mass is 9.76. The second-order valence-electron chi connectivity index (χ2n) is 4.44. The van der Waals surface area contributed by atoms with Crippen molar-refractivity contribution in [2.45, 2.75) is 44.4 Å². The summed E-state index contributed by atoms with van der Waals surface area (Å²) in [5.74, 6) is -0.133. The molecule has 82 valence electrons. The smallest absolute Gasteiger partial charge is 0.128 e. The van der Waals surface area contributed by atoms with Crippen molar-refractivity contribution in [1.29, 1.82) is 0 Å². The summed E-state index contributed by atoms with van der Waals surface area (Å²) in [6.07, 6.45) is 5.51. The maximum atomic E-state index is 13.8. The van der Waals surface area contributed by atoms with Crippen molar-refractivity contribution in [3.05, 3.63) is 34.6 Å². The van der Waals surface area contributed by atoms with Crippen molar-refractivity contribution in [1.82, 2.24) is 0 Å². The molecule has 0 radical (unpaired) electrons. The SMILES string of the molecule is CCC1(c2c(F)cccc2Cl)CCCC1. The highest BCUT2D eigenvalue weighted by Gasteiger charge is 2.37. The maximum Gasteiger partial charge on any atom is 0.128 e. The second-order valence-corrected chi connectivity index (χ2v) is 4.84. The molecule has 0 aliphatic heterocycles. The van der Waals surface area contributed by atoms with Crippen molar-refractivity contribution >= 4 is 11.6 Å². The van der Waals surface area contributed by atoms with E-state index in [9.17, 15) is 4.39 Å². The molecule has 0 aromatic heterocycles. The molecule has 0 amide bonds. The summed E-state index contributed by atoms with van der Waals surface area (Å²) in [5.41, 5.74) is 0.759. The zero-order valence-electron chi connectivity index (χ0n) is 9.02. The Balaban J connectivity index is 2.51. The summed E-state index contributed by atoms with van der Waals surface area (Å²) in [5, 5.41) is 0.596. The van der Waals surface area contributed by atoms with Gasteiger partial charge in [-0.25, -0.2) is 4.39 Å². The van der Waals surface area contributed by atoms with Crippen LogP contribution in [0.2, 0.25) is 5.02 Å². The van der Waals surface area contributed by atoms with Gasteiger partial charge < -0.3 is 0 Å². The fraction of sp³-hybridized carbons (Fsp3) is 0.538. The molecule has 1 aromatic carbocycles. The normalized spacial score (nSPS) is 19.4. The van der Waals surface area contributed by atoms with Crippen LogP contribution in [0, 0.1) is 5.82 Å². The third-order valence-electron chi connectivity index (χ3n) is 3.73. The molecule has 0 bridgehead atoms. The lowest BCUT2D eigenvalue weighted by Gasteiger charge is -2.29.